The van der Waals surface area contributed by atoms with Crippen LogP contribution in [0.15, 0.2) is 35.5 Å². The maximum atomic E-state index is 12.6. The number of rotatable bonds is 7. The molecule has 0 heterocycles. The lowest BCUT2D eigenvalue weighted by Crippen LogP contribution is -2.55. The third-order valence-corrected chi connectivity index (χ3v) is 11.9. The van der Waals surface area contributed by atoms with Crippen molar-refractivity contribution in [1.29, 1.82) is 0 Å². The van der Waals surface area contributed by atoms with Gasteiger partial charge in [0, 0.05) is 23.7 Å². The van der Waals surface area contributed by atoms with Crippen molar-refractivity contribution in [3.63, 3.8) is 0 Å². The third-order valence-electron chi connectivity index (χ3n) is 11.9. The van der Waals surface area contributed by atoms with Crippen LogP contribution in [-0.4, -0.2) is 34.4 Å². The van der Waals surface area contributed by atoms with E-state index < -0.39 is 18.0 Å². The maximum absolute atomic E-state index is 12.6. The molecule has 38 heavy (non-hydrogen) atoms. The molecule has 212 valence electrons. The minimum atomic E-state index is -0.805. The zero-order valence-corrected chi connectivity index (χ0v) is 24.9. The molecule has 0 aliphatic heterocycles. The Bertz CT molecular complexity index is 1070. The SMILES string of the molecule is C=C(CC[C@@H](C(=O)O)[C@H]1[C@H](O)C[C@@]2(C)C3=CC[C@H]4C(C)(C)C(OC(C)=O)CC[C@]4(C)C3=CC[C@]12C)C(C)C. The Labute approximate surface area is 229 Å². The summed E-state index contributed by atoms with van der Waals surface area (Å²) in [6.07, 6.45) is 9.26. The topological polar surface area (TPSA) is 83.8 Å². The number of hydrogen-bond donors (Lipinski definition) is 2. The first kappa shape index (κ1) is 29.1. The maximum Gasteiger partial charge on any atom is 0.306 e. The number of aliphatic carboxylic acids is 1. The summed E-state index contributed by atoms with van der Waals surface area (Å²) in [6, 6.07) is 0. The van der Waals surface area contributed by atoms with Crippen molar-refractivity contribution in [3.05, 3.63) is 35.5 Å². The van der Waals surface area contributed by atoms with Gasteiger partial charge in [-0.1, -0.05) is 72.8 Å². The van der Waals surface area contributed by atoms with Crippen LogP contribution in [0.25, 0.3) is 0 Å². The van der Waals surface area contributed by atoms with E-state index in [0.717, 1.165) is 31.3 Å². The summed E-state index contributed by atoms with van der Waals surface area (Å²) in [5.74, 6) is -1.28. The fourth-order valence-corrected chi connectivity index (χ4v) is 9.30. The van der Waals surface area contributed by atoms with Gasteiger partial charge in [0.15, 0.2) is 0 Å². The molecule has 0 spiro atoms. The number of ether oxygens (including phenoxy) is 1. The van der Waals surface area contributed by atoms with Crippen molar-refractivity contribution in [2.24, 2.45) is 45.3 Å². The fraction of sp³-hybridized carbons (Fsp3) is 0.758. The minimum absolute atomic E-state index is 0.0428. The Morgan fingerprint density at radius 2 is 1.79 bits per heavy atom. The number of aliphatic hydroxyl groups is 1. The van der Waals surface area contributed by atoms with E-state index >= 15 is 0 Å². The van der Waals surface area contributed by atoms with Crippen LogP contribution in [0.5, 0.6) is 0 Å². The summed E-state index contributed by atoms with van der Waals surface area (Å²) in [6.45, 7) is 21.2. The summed E-state index contributed by atoms with van der Waals surface area (Å²) in [5.41, 5.74) is 2.93. The van der Waals surface area contributed by atoms with Crippen molar-refractivity contribution in [2.75, 3.05) is 0 Å². The van der Waals surface area contributed by atoms with Gasteiger partial charge in [-0.15, -0.1) is 0 Å². The van der Waals surface area contributed by atoms with Gasteiger partial charge < -0.3 is 14.9 Å². The van der Waals surface area contributed by atoms with E-state index in [4.69, 9.17) is 4.74 Å². The van der Waals surface area contributed by atoms with E-state index in [1.807, 2.05) is 0 Å². The molecule has 1 unspecified atom stereocenters. The van der Waals surface area contributed by atoms with E-state index in [9.17, 15) is 19.8 Å². The summed E-state index contributed by atoms with van der Waals surface area (Å²) in [4.78, 5) is 24.5. The highest BCUT2D eigenvalue weighted by molar-refractivity contribution is 5.71. The monoisotopic (exact) mass is 526 g/mol. The lowest BCUT2D eigenvalue weighted by Gasteiger charge is -2.61. The molecule has 4 aliphatic carbocycles. The Morgan fingerprint density at radius 1 is 1.13 bits per heavy atom. The summed E-state index contributed by atoms with van der Waals surface area (Å²) < 4.78 is 5.80. The van der Waals surface area contributed by atoms with Crippen molar-refractivity contribution < 1.29 is 24.5 Å². The van der Waals surface area contributed by atoms with Crippen LogP contribution >= 0.6 is 0 Å². The summed E-state index contributed by atoms with van der Waals surface area (Å²) >= 11 is 0. The molecular weight excluding hydrogens is 476 g/mol. The van der Waals surface area contributed by atoms with E-state index in [1.54, 1.807) is 0 Å². The van der Waals surface area contributed by atoms with Crippen LogP contribution in [0.4, 0.5) is 0 Å². The zero-order valence-electron chi connectivity index (χ0n) is 24.9. The summed E-state index contributed by atoms with van der Waals surface area (Å²) in [7, 11) is 0. The Balaban J connectivity index is 1.70. The molecule has 0 bridgehead atoms. The third kappa shape index (κ3) is 4.22. The van der Waals surface area contributed by atoms with Crippen LogP contribution in [0.2, 0.25) is 0 Å². The van der Waals surface area contributed by atoms with E-state index in [2.05, 4.69) is 67.2 Å². The van der Waals surface area contributed by atoms with E-state index in [1.165, 1.54) is 18.1 Å². The van der Waals surface area contributed by atoms with Gasteiger partial charge in [0.05, 0.1) is 12.0 Å². The molecule has 5 nitrogen and oxygen atoms in total. The second-order valence-corrected chi connectivity index (χ2v) is 14.4. The van der Waals surface area contributed by atoms with Crippen molar-refractivity contribution in [1.82, 2.24) is 0 Å². The van der Waals surface area contributed by atoms with Gasteiger partial charge in [-0.25, -0.2) is 0 Å². The number of esters is 1. The molecule has 2 saturated carbocycles. The van der Waals surface area contributed by atoms with Gasteiger partial charge in [0.2, 0.25) is 0 Å². The van der Waals surface area contributed by atoms with Crippen molar-refractivity contribution >= 4 is 11.9 Å². The molecule has 4 aliphatic rings. The minimum Gasteiger partial charge on any atom is -0.481 e. The quantitative estimate of drug-likeness (QED) is 0.273. The van der Waals surface area contributed by atoms with Gasteiger partial charge in [-0.05, 0) is 78.8 Å². The highest BCUT2D eigenvalue weighted by atomic mass is 16.5. The smallest absolute Gasteiger partial charge is 0.306 e. The second kappa shape index (κ2) is 9.64. The van der Waals surface area contributed by atoms with Crippen LogP contribution in [-0.2, 0) is 14.3 Å². The molecular formula is C33H50O5. The lowest BCUT2D eigenvalue weighted by atomic mass is 9.44. The highest BCUT2D eigenvalue weighted by Crippen LogP contribution is 2.72. The molecule has 0 aromatic carbocycles. The molecule has 4 rings (SSSR count). The zero-order chi connectivity index (χ0) is 28.4. The number of aliphatic hydroxyl groups excluding tert-OH is 1. The number of carboxylic acid groups (broad SMARTS) is 1. The molecule has 0 radical (unpaired) electrons. The predicted molar refractivity (Wildman–Crippen MR) is 150 cm³/mol. The molecule has 2 fully saturated rings. The largest absolute Gasteiger partial charge is 0.481 e. The van der Waals surface area contributed by atoms with Gasteiger partial charge in [-0.2, -0.15) is 0 Å². The first-order valence-corrected chi connectivity index (χ1v) is 14.7. The number of allylic oxidation sites excluding steroid dienone is 5. The van der Waals surface area contributed by atoms with Crippen molar-refractivity contribution in [2.45, 2.75) is 113 Å². The second-order valence-electron chi connectivity index (χ2n) is 14.4. The number of carbonyl (C=O) groups excluding carboxylic acids is 1. The average molecular weight is 527 g/mol. The van der Waals surface area contributed by atoms with Crippen LogP contribution in [0.1, 0.15) is 100 Å². The first-order chi connectivity index (χ1) is 17.5. The Hall–Kier alpha value is -1.88. The summed E-state index contributed by atoms with van der Waals surface area (Å²) in [5, 5.41) is 21.9. The number of carboxylic acids is 1. The average Bonchev–Trinajstić information content (AvgIpc) is 3.01. The molecule has 0 aromatic heterocycles. The lowest BCUT2D eigenvalue weighted by molar-refractivity contribution is -0.165. The van der Waals surface area contributed by atoms with Crippen LogP contribution < -0.4 is 0 Å². The standard InChI is InChI=1S/C33H50O5/c1-19(2)20(3)10-11-22(29(36)37)28-25(35)18-33(9)24-12-13-26-30(5,6)27(38-21(4)34)15-16-31(26,7)23(24)14-17-32(28,33)8/h12,14,19,22,25-28,35H,3,10-11,13,15-18H2,1-2,4-9H3,(H,36,37)/t22-,25-,26+,27?,28+,31-,32-,33+/m1/s1. The Kier molecular flexibility index (Phi) is 7.39. The van der Waals surface area contributed by atoms with Crippen LogP contribution in [0, 0.1) is 45.3 Å². The van der Waals surface area contributed by atoms with E-state index in [0.29, 0.717) is 31.1 Å². The van der Waals surface area contributed by atoms with Crippen LogP contribution in [0.3, 0.4) is 0 Å². The molecule has 0 amide bonds. The van der Waals surface area contributed by atoms with Gasteiger partial charge in [0.1, 0.15) is 6.10 Å². The number of carbonyl (C=O) groups is 2. The van der Waals surface area contributed by atoms with Crippen molar-refractivity contribution in [3.8, 4) is 0 Å². The van der Waals surface area contributed by atoms with Gasteiger partial charge in [0.25, 0.3) is 0 Å². The number of fused-ring (bicyclic) bond motifs is 5. The highest BCUT2D eigenvalue weighted by Gasteiger charge is 2.66. The van der Waals surface area contributed by atoms with Gasteiger partial charge >= 0.3 is 11.9 Å². The Morgan fingerprint density at radius 3 is 2.37 bits per heavy atom. The molecule has 0 saturated heterocycles. The van der Waals surface area contributed by atoms with E-state index in [-0.39, 0.29) is 39.7 Å². The number of hydrogen-bond acceptors (Lipinski definition) is 4. The molecule has 5 heteroatoms. The molecule has 8 atom stereocenters. The fourth-order valence-electron chi connectivity index (χ4n) is 9.30. The molecule has 0 aromatic rings. The first-order valence-electron chi connectivity index (χ1n) is 14.7. The molecule has 2 N–H and O–H groups in total. The normalized spacial score (nSPS) is 40.3. The predicted octanol–water partition coefficient (Wildman–Crippen LogP) is 7.11. The van der Waals surface area contributed by atoms with Gasteiger partial charge in [-0.3, -0.25) is 9.59 Å².